The van der Waals surface area contributed by atoms with Gasteiger partial charge in [0, 0.05) is 17.8 Å². The summed E-state index contributed by atoms with van der Waals surface area (Å²) in [6, 6.07) is 3.37. The molecule has 0 N–H and O–H groups in total. The van der Waals surface area contributed by atoms with Crippen molar-refractivity contribution >= 4 is 21.7 Å². The molecule has 4 nitrogen and oxygen atoms in total. The molecule has 0 aliphatic carbocycles. The van der Waals surface area contributed by atoms with Gasteiger partial charge in [-0.05, 0) is 18.9 Å². The van der Waals surface area contributed by atoms with E-state index in [9.17, 15) is 4.79 Å². The highest BCUT2D eigenvalue weighted by Gasteiger charge is 2.17. The summed E-state index contributed by atoms with van der Waals surface area (Å²) in [5.41, 5.74) is 0.545. The number of hydrogen-bond acceptors (Lipinski definition) is 4. The van der Waals surface area contributed by atoms with Gasteiger partial charge in [0.05, 0.1) is 26.9 Å². The van der Waals surface area contributed by atoms with Crippen molar-refractivity contribution in [1.29, 1.82) is 0 Å². The van der Waals surface area contributed by atoms with Crippen molar-refractivity contribution in [3.05, 3.63) is 17.7 Å². The molecule has 0 aromatic heterocycles. The third kappa shape index (κ3) is 4.40. The van der Waals surface area contributed by atoms with Crippen LogP contribution < -0.4 is 14.2 Å². The lowest BCUT2D eigenvalue weighted by Crippen LogP contribution is -2.04. The molecule has 112 valence electrons. The standard InChI is InChI=1S/C15H21BrO4/c1-18-13-10-15(20-3)14(19-2)9-11(13)12(17)7-5-4-6-8-16/h9-10H,4-8H2,1-3H3. The van der Waals surface area contributed by atoms with E-state index in [0.29, 0.717) is 29.2 Å². The molecular weight excluding hydrogens is 324 g/mol. The zero-order valence-electron chi connectivity index (χ0n) is 12.2. The Labute approximate surface area is 128 Å². The average molecular weight is 345 g/mol. The number of carbonyl (C=O) groups is 1. The third-order valence-corrected chi connectivity index (χ3v) is 3.60. The van der Waals surface area contributed by atoms with Crippen LogP contribution in [0.2, 0.25) is 0 Å². The average Bonchev–Trinajstić information content (AvgIpc) is 2.49. The first-order valence-corrected chi connectivity index (χ1v) is 7.69. The second kappa shape index (κ2) is 8.84. The lowest BCUT2D eigenvalue weighted by molar-refractivity contribution is 0.0976. The van der Waals surface area contributed by atoms with Gasteiger partial charge in [0.1, 0.15) is 5.75 Å². The van der Waals surface area contributed by atoms with E-state index in [2.05, 4.69) is 15.9 Å². The van der Waals surface area contributed by atoms with E-state index in [-0.39, 0.29) is 5.78 Å². The first kappa shape index (κ1) is 16.8. The zero-order chi connectivity index (χ0) is 15.0. The van der Waals surface area contributed by atoms with Crippen LogP contribution in [0.1, 0.15) is 36.0 Å². The number of halogens is 1. The van der Waals surface area contributed by atoms with E-state index >= 15 is 0 Å². The van der Waals surface area contributed by atoms with E-state index in [1.807, 2.05) is 0 Å². The summed E-state index contributed by atoms with van der Waals surface area (Å²) < 4.78 is 15.7. The van der Waals surface area contributed by atoms with Crippen LogP contribution in [0.5, 0.6) is 17.2 Å². The Morgan fingerprint density at radius 3 is 2.10 bits per heavy atom. The molecule has 0 unspecified atom stereocenters. The minimum absolute atomic E-state index is 0.0670. The van der Waals surface area contributed by atoms with Crippen LogP contribution in [0.15, 0.2) is 12.1 Å². The number of unbranched alkanes of at least 4 members (excludes halogenated alkanes) is 2. The van der Waals surface area contributed by atoms with Gasteiger partial charge in [0.25, 0.3) is 0 Å². The van der Waals surface area contributed by atoms with E-state index in [0.717, 1.165) is 24.6 Å². The van der Waals surface area contributed by atoms with E-state index < -0.39 is 0 Å². The Morgan fingerprint density at radius 2 is 1.55 bits per heavy atom. The van der Waals surface area contributed by atoms with Crippen molar-refractivity contribution in [3.8, 4) is 17.2 Å². The number of methoxy groups -OCH3 is 3. The second-order valence-electron chi connectivity index (χ2n) is 4.33. The van der Waals surface area contributed by atoms with Gasteiger partial charge in [-0.1, -0.05) is 22.4 Å². The molecule has 0 fully saturated rings. The summed E-state index contributed by atoms with van der Waals surface area (Å²) in [7, 11) is 4.65. The van der Waals surface area contributed by atoms with Gasteiger partial charge in [-0.2, -0.15) is 0 Å². The van der Waals surface area contributed by atoms with Crippen molar-refractivity contribution in [1.82, 2.24) is 0 Å². The number of Topliss-reactive ketones (excluding diaryl/α,β-unsaturated/α-hetero) is 1. The van der Waals surface area contributed by atoms with Gasteiger partial charge in [-0.3, -0.25) is 4.79 Å². The highest BCUT2D eigenvalue weighted by atomic mass is 79.9. The minimum atomic E-state index is 0.0670. The molecule has 5 heteroatoms. The number of alkyl halides is 1. The number of hydrogen-bond donors (Lipinski definition) is 0. The largest absolute Gasteiger partial charge is 0.496 e. The maximum absolute atomic E-state index is 12.3. The summed E-state index contributed by atoms with van der Waals surface area (Å²) in [6.45, 7) is 0. The lowest BCUT2D eigenvalue weighted by Gasteiger charge is -2.13. The molecule has 0 spiro atoms. The topological polar surface area (TPSA) is 44.8 Å². The summed E-state index contributed by atoms with van der Waals surface area (Å²) >= 11 is 3.38. The highest BCUT2D eigenvalue weighted by Crippen LogP contribution is 2.35. The quantitative estimate of drug-likeness (QED) is 0.387. The Kier molecular flexibility index (Phi) is 7.44. The number of carbonyl (C=O) groups excluding carboxylic acids is 1. The van der Waals surface area contributed by atoms with Crippen LogP contribution in [0.3, 0.4) is 0 Å². The minimum Gasteiger partial charge on any atom is -0.496 e. The molecule has 0 bridgehead atoms. The van der Waals surface area contributed by atoms with Crippen molar-refractivity contribution < 1.29 is 19.0 Å². The SMILES string of the molecule is COc1cc(OC)c(C(=O)CCCCCBr)cc1OC. The lowest BCUT2D eigenvalue weighted by atomic mass is 10.0. The van der Waals surface area contributed by atoms with Crippen LogP contribution in [0.25, 0.3) is 0 Å². The van der Waals surface area contributed by atoms with E-state index in [4.69, 9.17) is 14.2 Å². The number of ketones is 1. The first-order valence-electron chi connectivity index (χ1n) is 6.57. The van der Waals surface area contributed by atoms with Crippen LogP contribution in [-0.4, -0.2) is 32.4 Å². The van der Waals surface area contributed by atoms with Gasteiger partial charge in [0.15, 0.2) is 17.3 Å². The molecule has 1 aromatic carbocycles. The second-order valence-corrected chi connectivity index (χ2v) is 5.12. The summed E-state index contributed by atoms with van der Waals surface area (Å²) in [5.74, 6) is 1.68. The maximum atomic E-state index is 12.3. The van der Waals surface area contributed by atoms with Gasteiger partial charge in [-0.25, -0.2) is 0 Å². The molecular formula is C15H21BrO4. The Morgan fingerprint density at radius 1 is 0.950 bits per heavy atom. The Balaban J connectivity index is 2.89. The predicted molar refractivity (Wildman–Crippen MR) is 82.7 cm³/mol. The summed E-state index contributed by atoms with van der Waals surface area (Å²) in [5, 5.41) is 0.973. The van der Waals surface area contributed by atoms with E-state index in [1.54, 1.807) is 33.5 Å². The third-order valence-electron chi connectivity index (χ3n) is 3.04. The fourth-order valence-corrected chi connectivity index (χ4v) is 2.34. The van der Waals surface area contributed by atoms with Gasteiger partial charge in [-0.15, -0.1) is 0 Å². The van der Waals surface area contributed by atoms with Crippen molar-refractivity contribution in [2.45, 2.75) is 25.7 Å². The molecule has 0 aliphatic rings. The molecule has 0 amide bonds. The summed E-state index contributed by atoms with van der Waals surface area (Å²) in [4.78, 5) is 12.3. The van der Waals surface area contributed by atoms with Gasteiger partial charge < -0.3 is 14.2 Å². The Hall–Kier alpha value is -1.23. The number of benzene rings is 1. The molecule has 0 atom stereocenters. The van der Waals surface area contributed by atoms with Crippen LogP contribution in [-0.2, 0) is 0 Å². The highest BCUT2D eigenvalue weighted by molar-refractivity contribution is 9.09. The number of ether oxygens (including phenoxy) is 3. The van der Waals surface area contributed by atoms with Crippen molar-refractivity contribution in [2.75, 3.05) is 26.7 Å². The predicted octanol–water partition coefficient (Wildman–Crippen LogP) is 3.85. The Bertz CT molecular complexity index is 446. The molecule has 1 rings (SSSR count). The number of rotatable bonds is 9. The molecule has 20 heavy (non-hydrogen) atoms. The maximum Gasteiger partial charge on any atom is 0.166 e. The van der Waals surface area contributed by atoms with Crippen LogP contribution in [0, 0.1) is 0 Å². The monoisotopic (exact) mass is 344 g/mol. The van der Waals surface area contributed by atoms with Crippen LogP contribution in [0.4, 0.5) is 0 Å². The molecule has 0 radical (unpaired) electrons. The van der Waals surface area contributed by atoms with E-state index in [1.165, 1.54) is 0 Å². The molecule has 1 aromatic rings. The van der Waals surface area contributed by atoms with Gasteiger partial charge in [0.2, 0.25) is 0 Å². The van der Waals surface area contributed by atoms with Crippen LogP contribution >= 0.6 is 15.9 Å². The smallest absolute Gasteiger partial charge is 0.166 e. The van der Waals surface area contributed by atoms with Crippen molar-refractivity contribution in [2.24, 2.45) is 0 Å². The summed E-state index contributed by atoms with van der Waals surface area (Å²) in [6.07, 6.45) is 3.50. The fraction of sp³-hybridized carbons (Fsp3) is 0.533. The molecule has 0 heterocycles. The normalized spacial score (nSPS) is 10.2. The molecule has 0 saturated heterocycles. The fourth-order valence-electron chi connectivity index (χ4n) is 1.94. The molecule has 0 saturated carbocycles. The first-order chi connectivity index (χ1) is 9.67. The zero-order valence-corrected chi connectivity index (χ0v) is 13.8. The molecule has 0 aliphatic heterocycles. The van der Waals surface area contributed by atoms with Crippen molar-refractivity contribution in [3.63, 3.8) is 0 Å². The van der Waals surface area contributed by atoms with Gasteiger partial charge >= 0.3 is 0 Å².